The summed E-state index contributed by atoms with van der Waals surface area (Å²) >= 11 is 0. The fourth-order valence-corrected chi connectivity index (χ4v) is 6.27. The van der Waals surface area contributed by atoms with Crippen molar-refractivity contribution < 1.29 is 136 Å². The molecule has 50 heavy (non-hydrogen) atoms. The number of aliphatic imine (C=N–C) groups is 6. The maximum Gasteiger partial charge on any atom is 1.00 e. The molecule has 0 aromatic rings. The molecular weight excluding hydrogens is 744 g/mol. The first-order chi connectivity index (χ1) is 22.4. The molecule has 0 spiro atoms. The number of phosphoric acid groups is 2. The second kappa shape index (κ2) is 16.7. The predicted octanol–water partition coefficient (Wildman–Crippen LogP) is -14.2. The van der Waals surface area contributed by atoms with Crippen molar-refractivity contribution in [2.45, 2.75) is 61.2 Å². The molecule has 6 aliphatic rings. The van der Waals surface area contributed by atoms with Crippen LogP contribution in [-0.4, -0.2) is 162 Å². The van der Waals surface area contributed by atoms with E-state index in [-0.39, 0.29) is 82.7 Å². The van der Waals surface area contributed by atoms with E-state index in [1.54, 1.807) is 0 Å². The van der Waals surface area contributed by atoms with E-state index < -0.39 is 102 Å². The van der Waals surface area contributed by atoms with Crippen molar-refractivity contribution in [2.75, 3.05) is 13.2 Å². The standard InChI is InChI=1S/2C10H14N5O8P.2Na/c11-10-13-7-4(8(18)14-10)12-2-15(7)9-5(17)6(3(1-16)22-9)23-24(19,20)21;11-10-13-7-4(8(18)14-10)12-2-15(7)9-6(23-24(19,20)21)5(17)3(1-16)22-9;;/h2*2-6,9,16-17H,1H2,(H2,11,14,18)(H2,19,20,21);;/q;;2*+1/p-2/t2*3-,4?,5-,6-,9-;;/m11../s1. The number of phosphoric ester groups is 2. The number of rotatable bonds is 8. The zero-order valence-corrected chi connectivity index (χ0v) is 31.5. The molecule has 30 heteroatoms. The molecule has 2 amide bonds. The molecule has 4 unspecified atom stereocenters. The molecule has 10 N–H and O–H groups in total. The molecule has 0 aromatic carbocycles. The van der Waals surface area contributed by atoms with E-state index in [9.17, 15) is 48.9 Å². The Hall–Kier alpha value is -1.46. The van der Waals surface area contributed by atoms with E-state index in [0.717, 1.165) is 22.5 Å². The van der Waals surface area contributed by atoms with Crippen molar-refractivity contribution in [2.24, 2.45) is 41.4 Å². The van der Waals surface area contributed by atoms with Gasteiger partial charge in [-0.05, 0) is 0 Å². The van der Waals surface area contributed by atoms with Gasteiger partial charge in [0, 0.05) is 0 Å². The van der Waals surface area contributed by atoms with Crippen molar-refractivity contribution in [3.8, 4) is 0 Å². The minimum Gasteiger partial charge on any atom is -0.756 e. The number of amides is 2. The van der Waals surface area contributed by atoms with Gasteiger partial charge in [-0.1, -0.05) is 0 Å². The number of fused-ring (bicyclic) bond motifs is 2. The molecule has 12 atom stereocenters. The SMILES string of the molecule is NC1=NC(=O)C2N=CN([C@@H]3O[C@H](CO)[C@@H](O)[C@H]3OP(=O)([O-])O)C2=N1.NC1=NC(=O)C2N=CN([C@@H]3O[C@H](CO)[C@@H](OP(=O)([O-])O)[C@H]3O)C2=N1.[Na+].[Na+]. The van der Waals surface area contributed by atoms with Crippen LogP contribution in [0.15, 0.2) is 30.0 Å². The Balaban J connectivity index is 0.000000260. The van der Waals surface area contributed by atoms with Crippen molar-refractivity contribution in [1.29, 1.82) is 0 Å². The molecule has 0 radical (unpaired) electrons. The van der Waals surface area contributed by atoms with Crippen molar-refractivity contribution in [3.63, 3.8) is 0 Å². The molecule has 0 aromatic heterocycles. The van der Waals surface area contributed by atoms with Gasteiger partial charge in [0.15, 0.2) is 36.2 Å². The van der Waals surface area contributed by atoms with Gasteiger partial charge in [-0.25, -0.2) is 0 Å². The van der Waals surface area contributed by atoms with Crippen LogP contribution < -0.4 is 80.4 Å². The van der Waals surface area contributed by atoms with Gasteiger partial charge in [0.05, 0.1) is 25.9 Å². The van der Waals surface area contributed by atoms with E-state index in [1.807, 2.05) is 0 Å². The fourth-order valence-electron chi connectivity index (χ4n) is 5.16. The number of carbonyl (C=O) groups is 2. The Labute approximate surface area is 323 Å². The van der Waals surface area contributed by atoms with Crippen LogP contribution >= 0.6 is 15.6 Å². The monoisotopic (exact) mass is 770 g/mol. The first-order valence-corrected chi connectivity index (χ1v) is 16.3. The summed E-state index contributed by atoms with van der Waals surface area (Å²) in [5.74, 6) is -1.94. The second-order valence-corrected chi connectivity index (χ2v) is 12.6. The molecule has 264 valence electrons. The van der Waals surface area contributed by atoms with E-state index in [0.29, 0.717) is 0 Å². The van der Waals surface area contributed by atoms with Crippen LogP contribution in [0, 0.1) is 0 Å². The normalized spacial score (nSPS) is 36.4. The molecule has 26 nitrogen and oxygen atoms in total. The summed E-state index contributed by atoms with van der Waals surface area (Å²) in [6, 6.07) is -2.14. The third-order valence-electron chi connectivity index (χ3n) is 7.11. The number of hydrogen-bond acceptors (Lipinski definition) is 22. The number of nitrogens with two attached hydrogens (primary N) is 2. The molecule has 0 bridgehead atoms. The second-order valence-electron chi connectivity index (χ2n) is 10.3. The molecule has 0 aliphatic carbocycles. The fraction of sp³-hybridized carbons (Fsp3) is 0.600. The van der Waals surface area contributed by atoms with Crippen LogP contribution in [0.2, 0.25) is 0 Å². The van der Waals surface area contributed by atoms with Crippen LogP contribution in [0.5, 0.6) is 0 Å². The van der Waals surface area contributed by atoms with Gasteiger partial charge in [-0.2, -0.15) is 20.0 Å². The minimum atomic E-state index is -5.23. The summed E-state index contributed by atoms with van der Waals surface area (Å²) in [4.78, 5) is 87.8. The van der Waals surface area contributed by atoms with Gasteiger partial charge in [0.1, 0.15) is 36.6 Å². The zero-order valence-electron chi connectivity index (χ0n) is 25.7. The minimum absolute atomic E-state index is 0. The van der Waals surface area contributed by atoms with Gasteiger partial charge in [-0.3, -0.25) is 38.5 Å². The summed E-state index contributed by atoms with van der Waals surface area (Å²) in [6.07, 6.45) is -9.13. The van der Waals surface area contributed by atoms with E-state index in [2.05, 4.69) is 39.0 Å². The van der Waals surface area contributed by atoms with Gasteiger partial charge in [-0.15, -0.1) is 0 Å². The predicted molar refractivity (Wildman–Crippen MR) is 149 cm³/mol. The van der Waals surface area contributed by atoms with Crippen molar-refractivity contribution in [3.05, 3.63) is 0 Å². The molecule has 6 aliphatic heterocycles. The zero-order chi connectivity index (χ0) is 35.3. The number of aliphatic hydroxyl groups is 4. The number of hydrogen-bond donors (Lipinski definition) is 8. The quantitative estimate of drug-likeness (QED) is 0.0839. The maximum absolute atomic E-state index is 11.8. The number of guanidine groups is 2. The van der Waals surface area contributed by atoms with Crippen LogP contribution in [0.25, 0.3) is 0 Å². The number of aliphatic hydroxyl groups excluding tert-OH is 4. The summed E-state index contributed by atoms with van der Waals surface area (Å²) in [7, 11) is -10.4. The smallest absolute Gasteiger partial charge is 0.756 e. The van der Waals surface area contributed by atoms with Crippen LogP contribution in [-0.2, 0) is 37.2 Å². The Bertz CT molecular complexity index is 1620. The Morgan fingerprint density at radius 3 is 1.60 bits per heavy atom. The van der Waals surface area contributed by atoms with Crippen LogP contribution in [0.3, 0.4) is 0 Å². The third kappa shape index (κ3) is 9.18. The molecular formula is C20H26N10Na2O16P2. The van der Waals surface area contributed by atoms with Crippen LogP contribution in [0.1, 0.15) is 0 Å². The van der Waals surface area contributed by atoms with Gasteiger partial charge in [0.25, 0.3) is 27.5 Å². The van der Waals surface area contributed by atoms with E-state index in [1.165, 1.54) is 0 Å². The maximum atomic E-state index is 11.8. The van der Waals surface area contributed by atoms with Crippen LogP contribution in [0.4, 0.5) is 0 Å². The van der Waals surface area contributed by atoms with Crippen molar-refractivity contribution in [1.82, 2.24) is 9.80 Å². The van der Waals surface area contributed by atoms with Gasteiger partial charge in [0.2, 0.25) is 11.9 Å². The summed E-state index contributed by atoms with van der Waals surface area (Å²) < 4.78 is 41.5. The summed E-state index contributed by atoms with van der Waals surface area (Å²) in [6.45, 7) is -1.34. The Morgan fingerprint density at radius 1 is 0.740 bits per heavy atom. The first kappa shape index (κ1) is 42.9. The van der Waals surface area contributed by atoms with Gasteiger partial charge < -0.3 is 70.0 Å². The molecule has 6 heterocycles. The summed E-state index contributed by atoms with van der Waals surface area (Å²) in [5.41, 5.74) is 10.8. The average molecular weight is 770 g/mol. The van der Waals surface area contributed by atoms with Crippen molar-refractivity contribution >= 4 is 63.7 Å². The summed E-state index contributed by atoms with van der Waals surface area (Å²) in [5, 5.41) is 38.8. The molecule has 2 saturated heterocycles. The number of ether oxygens (including phenoxy) is 2. The average Bonchev–Trinajstić information content (AvgIpc) is 3.73. The largest absolute Gasteiger partial charge is 1.00 e. The van der Waals surface area contributed by atoms with E-state index >= 15 is 0 Å². The van der Waals surface area contributed by atoms with E-state index in [4.69, 9.17) is 30.7 Å². The first-order valence-electron chi connectivity index (χ1n) is 13.3. The topological polar surface area (TPSA) is 405 Å². The molecule has 2 fully saturated rings. The Kier molecular flexibility index (Phi) is 14.3. The number of amidine groups is 2. The number of carbonyl (C=O) groups excluding carboxylic acids is 2. The Morgan fingerprint density at radius 2 is 1.16 bits per heavy atom. The number of nitrogens with zero attached hydrogens (tertiary/aromatic N) is 8. The third-order valence-corrected chi connectivity index (χ3v) is 8.13. The molecule has 6 rings (SSSR count). The van der Waals surface area contributed by atoms with Gasteiger partial charge >= 0.3 is 59.1 Å². The molecule has 0 saturated carbocycles.